The van der Waals surface area contributed by atoms with Crippen LogP contribution in [-0.4, -0.2) is 70.5 Å². The lowest BCUT2D eigenvalue weighted by molar-refractivity contribution is -0.127. The van der Waals surface area contributed by atoms with Gasteiger partial charge in [-0.15, -0.1) is 0 Å². The Bertz CT molecular complexity index is 2120. The minimum Gasteiger partial charge on any atom is -0.511 e. The number of rotatable bonds is 7. The Morgan fingerprint density at radius 1 is 0.980 bits per heavy atom. The largest absolute Gasteiger partial charge is 0.511 e. The molecule has 0 heterocycles. The zero-order valence-corrected chi connectivity index (χ0v) is 27.9. The number of carbonyl (C=O) groups excluding carboxylic acids is 4. The third-order valence-electron chi connectivity index (χ3n) is 10.5. The summed E-state index contributed by atoms with van der Waals surface area (Å²) in [6.07, 6.45) is -0.415. The number of ether oxygens (including phenoxy) is 1. The molecule has 0 aliphatic heterocycles. The van der Waals surface area contributed by atoms with Gasteiger partial charge in [0.05, 0.1) is 17.5 Å². The minimum absolute atomic E-state index is 0.0384. The lowest BCUT2D eigenvalue weighted by atomic mass is 9.61. The van der Waals surface area contributed by atoms with Crippen molar-refractivity contribution in [3.05, 3.63) is 124 Å². The molecule has 4 atom stereocenters. The van der Waals surface area contributed by atoms with Crippen LogP contribution in [0, 0.1) is 17.8 Å². The number of alkyl carbamates (subject to hydrolysis) is 1. The number of nitrogens with zero attached hydrogens (tertiary/aromatic N) is 1. The van der Waals surface area contributed by atoms with Crippen LogP contribution in [0.4, 0.5) is 10.5 Å². The minimum atomic E-state index is -1.28. The standard InChI is InChI=1S/C39H36N4O8/c1-4-28(42-39(50)51-17-25-21-11-7-5-9-19(21)20-10-6-8-12-22(20)25)41-26-13-14-27(44)30-23(26)15-18-16-24-31(35(46)29(18)34(30)45)36(47)32(38(40)49)37(48)33(24)43(2)3/h5-14,18,24-25,31,33,41,44,46,48H,1,15-17H2,2-3H3,(H2,40,49)(H,42,50)/t18?,24?,31?,33-/m0/s1. The number of benzene rings is 3. The number of ketones is 2. The summed E-state index contributed by atoms with van der Waals surface area (Å²) in [4.78, 5) is 54.4. The second-order valence-electron chi connectivity index (χ2n) is 13.4. The van der Waals surface area contributed by atoms with E-state index in [4.69, 9.17) is 10.5 Å². The third kappa shape index (κ3) is 5.36. The van der Waals surface area contributed by atoms with E-state index < -0.39 is 64.5 Å². The molecule has 3 aromatic carbocycles. The van der Waals surface area contributed by atoms with Crippen LogP contribution in [0.1, 0.15) is 39.4 Å². The van der Waals surface area contributed by atoms with Crippen LogP contribution in [0.2, 0.25) is 0 Å². The lowest BCUT2D eigenvalue weighted by Crippen LogP contribution is -2.53. The normalized spacial score (nSPS) is 21.9. The number of carbonyl (C=O) groups is 4. The molecule has 0 bridgehead atoms. The molecule has 3 aromatic rings. The SMILES string of the molecule is C=C=C(NC(=O)OCC1c2ccccc2-c2ccccc21)Nc1ccc(O)c2c1CC1CC3C(C(=O)C(C(N)=O)=C(O)[C@H]3N(C)C)C(O)=C1C2=O. The number of phenols is 1. The number of aliphatic hydroxyl groups is 2. The Kier molecular flexibility index (Phi) is 8.29. The molecule has 0 saturated carbocycles. The molecule has 260 valence electrons. The van der Waals surface area contributed by atoms with E-state index in [1.807, 2.05) is 48.5 Å². The average Bonchev–Trinajstić information content (AvgIpc) is 3.41. The maximum absolute atomic E-state index is 14.0. The van der Waals surface area contributed by atoms with Gasteiger partial charge in [-0.05, 0) is 78.7 Å². The van der Waals surface area contributed by atoms with E-state index in [0.717, 1.165) is 22.3 Å². The van der Waals surface area contributed by atoms with Crippen LogP contribution in [0.25, 0.3) is 11.1 Å². The molecule has 0 aromatic heterocycles. The van der Waals surface area contributed by atoms with Gasteiger partial charge in [0.15, 0.2) is 17.4 Å². The van der Waals surface area contributed by atoms with E-state index in [1.54, 1.807) is 25.1 Å². The molecule has 0 fully saturated rings. The van der Waals surface area contributed by atoms with Crippen molar-refractivity contribution in [2.45, 2.75) is 24.8 Å². The van der Waals surface area contributed by atoms with Crippen molar-refractivity contribution >= 4 is 29.3 Å². The van der Waals surface area contributed by atoms with E-state index in [1.165, 1.54) is 6.07 Å². The monoisotopic (exact) mass is 688 g/mol. The van der Waals surface area contributed by atoms with E-state index >= 15 is 0 Å². The number of hydrogen-bond donors (Lipinski definition) is 6. The zero-order valence-electron chi connectivity index (χ0n) is 27.9. The maximum atomic E-state index is 14.0. The van der Waals surface area contributed by atoms with Crippen molar-refractivity contribution in [1.82, 2.24) is 10.2 Å². The highest BCUT2D eigenvalue weighted by atomic mass is 16.5. The summed E-state index contributed by atoms with van der Waals surface area (Å²) in [5.74, 6) is -6.68. The Hall–Kier alpha value is -6.10. The molecule has 4 aliphatic carbocycles. The molecule has 3 unspecified atom stereocenters. The highest BCUT2D eigenvalue weighted by Gasteiger charge is 2.54. The first kappa shape index (κ1) is 33.4. The number of allylic oxidation sites excluding steroid dienone is 2. The molecular formula is C39H36N4O8. The number of amides is 2. The van der Waals surface area contributed by atoms with Gasteiger partial charge in [-0.3, -0.25) is 24.6 Å². The Morgan fingerprint density at radius 2 is 1.63 bits per heavy atom. The number of Topliss-reactive ketones (excluding diaryl/α,β-unsaturated/α-hetero) is 2. The molecule has 0 saturated heterocycles. The van der Waals surface area contributed by atoms with Gasteiger partial charge in [0.25, 0.3) is 5.91 Å². The van der Waals surface area contributed by atoms with Crippen molar-refractivity contribution in [2.24, 2.45) is 23.5 Å². The number of hydrogen-bond acceptors (Lipinski definition) is 10. The van der Waals surface area contributed by atoms with Crippen molar-refractivity contribution in [2.75, 3.05) is 26.0 Å². The molecule has 51 heavy (non-hydrogen) atoms. The van der Waals surface area contributed by atoms with Crippen LogP contribution in [0.3, 0.4) is 0 Å². The number of primary amides is 1. The maximum Gasteiger partial charge on any atom is 0.413 e. The van der Waals surface area contributed by atoms with Gasteiger partial charge < -0.3 is 31.1 Å². The van der Waals surface area contributed by atoms with Gasteiger partial charge in [0.1, 0.15) is 29.4 Å². The Balaban J connectivity index is 1.13. The van der Waals surface area contributed by atoms with Gasteiger partial charge in [0, 0.05) is 17.2 Å². The van der Waals surface area contributed by atoms with Gasteiger partial charge in [0.2, 0.25) is 0 Å². The second-order valence-corrected chi connectivity index (χ2v) is 13.4. The number of aromatic hydroxyl groups is 1. The number of fused-ring (bicyclic) bond motifs is 6. The molecular weight excluding hydrogens is 652 g/mol. The molecule has 12 heteroatoms. The topological polar surface area (TPSA) is 192 Å². The summed E-state index contributed by atoms with van der Waals surface area (Å²) >= 11 is 0. The zero-order chi connectivity index (χ0) is 36.3. The number of likely N-dealkylation sites (N-methyl/N-ethyl adjacent to an activating group) is 1. The van der Waals surface area contributed by atoms with Gasteiger partial charge in [-0.2, -0.15) is 0 Å². The van der Waals surface area contributed by atoms with Crippen LogP contribution in [0.5, 0.6) is 5.75 Å². The number of anilines is 1. The van der Waals surface area contributed by atoms with Crippen LogP contribution < -0.4 is 16.4 Å². The molecule has 0 spiro atoms. The third-order valence-corrected chi connectivity index (χ3v) is 10.5. The predicted molar refractivity (Wildman–Crippen MR) is 187 cm³/mol. The summed E-state index contributed by atoms with van der Waals surface area (Å²) in [5, 5.41) is 39.0. The molecule has 2 amide bonds. The van der Waals surface area contributed by atoms with Gasteiger partial charge >= 0.3 is 6.09 Å². The highest BCUT2D eigenvalue weighted by molar-refractivity contribution is 6.22. The lowest BCUT2D eigenvalue weighted by Gasteiger charge is -2.46. The van der Waals surface area contributed by atoms with Crippen molar-refractivity contribution in [3.8, 4) is 16.9 Å². The van der Waals surface area contributed by atoms with Crippen LogP contribution >= 0.6 is 0 Å². The fourth-order valence-electron chi connectivity index (χ4n) is 8.38. The summed E-state index contributed by atoms with van der Waals surface area (Å²) in [7, 11) is 3.33. The van der Waals surface area contributed by atoms with Crippen LogP contribution in [0.15, 0.2) is 101 Å². The summed E-state index contributed by atoms with van der Waals surface area (Å²) in [5.41, 5.74) is 12.5. The second kappa shape index (κ2) is 12.7. The molecule has 12 nitrogen and oxygen atoms in total. The van der Waals surface area contributed by atoms with Gasteiger partial charge in [-0.1, -0.05) is 60.8 Å². The molecule has 7 rings (SSSR count). The fraction of sp³-hybridized carbons (Fsp3) is 0.256. The summed E-state index contributed by atoms with van der Waals surface area (Å²) in [6.45, 7) is 3.76. The fourth-order valence-corrected chi connectivity index (χ4v) is 8.38. The predicted octanol–water partition coefficient (Wildman–Crippen LogP) is 4.58. The van der Waals surface area contributed by atoms with Gasteiger partial charge in [-0.25, -0.2) is 4.79 Å². The number of nitrogens with one attached hydrogen (secondary N) is 2. The Labute approximate surface area is 293 Å². The quantitative estimate of drug-likeness (QED) is 0.116. The average molecular weight is 689 g/mol. The first-order valence-electron chi connectivity index (χ1n) is 16.5. The van der Waals surface area contributed by atoms with Crippen molar-refractivity contribution in [1.29, 1.82) is 0 Å². The van der Waals surface area contributed by atoms with Crippen molar-refractivity contribution in [3.63, 3.8) is 0 Å². The van der Waals surface area contributed by atoms with Crippen LogP contribution in [-0.2, 0) is 20.7 Å². The first-order chi connectivity index (χ1) is 24.4. The van der Waals surface area contributed by atoms with E-state index in [0.29, 0.717) is 11.3 Å². The number of nitrogens with two attached hydrogens (primary N) is 1. The van der Waals surface area contributed by atoms with E-state index in [2.05, 4.69) is 22.9 Å². The smallest absolute Gasteiger partial charge is 0.413 e. The summed E-state index contributed by atoms with van der Waals surface area (Å²) in [6, 6.07) is 18.0. The highest BCUT2D eigenvalue weighted by Crippen LogP contribution is 2.51. The Morgan fingerprint density at radius 3 is 2.24 bits per heavy atom. The summed E-state index contributed by atoms with van der Waals surface area (Å²) < 4.78 is 5.67. The van der Waals surface area contributed by atoms with E-state index in [9.17, 15) is 34.5 Å². The van der Waals surface area contributed by atoms with E-state index in [-0.39, 0.29) is 48.1 Å². The number of aliphatic hydroxyl groups excluding tert-OH is 2. The molecule has 4 aliphatic rings. The number of phenolic OH excluding ortho intramolecular Hbond substituents is 1. The molecule has 7 N–H and O–H groups in total. The first-order valence-corrected chi connectivity index (χ1v) is 16.5. The molecule has 0 radical (unpaired) electrons. The van der Waals surface area contributed by atoms with Crippen molar-refractivity contribution < 1.29 is 39.2 Å².